The monoisotopic (exact) mass is 132 g/mol. The molecule has 10 heavy (non-hydrogen) atoms. The summed E-state index contributed by atoms with van der Waals surface area (Å²) in [5.41, 5.74) is 2.45. The van der Waals surface area contributed by atoms with E-state index in [0.717, 1.165) is 6.42 Å². The van der Waals surface area contributed by atoms with Gasteiger partial charge in [-0.3, -0.25) is 4.98 Å². The molecule has 0 saturated carbocycles. The molecule has 0 unspecified atom stereocenters. The fourth-order valence-corrected chi connectivity index (χ4v) is 1.07. The number of allylic oxidation sites excluding steroid dienone is 1. The Morgan fingerprint density at radius 1 is 1.50 bits per heavy atom. The van der Waals surface area contributed by atoms with Crippen LogP contribution in [0.4, 0.5) is 5.69 Å². The van der Waals surface area contributed by atoms with Gasteiger partial charge in [-0.2, -0.15) is 0 Å². The predicted octanol–water partition coefficient (Wildman–Crippen LogP) is 1.56. The van der Waals surface area contributed by atoms with Crippen LogP contribution in [0.3, 0.4) is 0 Å². The Bertz CT molecular complexity index is 239. The van der Waals surface area contributed by atoms with E-state index in [4.69, 9.17) is 0 Å². The first-order valence-electron chi connectivity index (χ1n) is 3.31. The summed E-state index contributed by atoms with van der Waals surface area (Å²) >= 11 is 0. The Balaban J connectivity index is 2.47. The molecule has 0 aromatic carbocycles. The standard InChI is InChI=1S/C8H8N2/c1-2-7-6-9-5-3-8(7)10-4-1/h1,3-6,10H,2H2. The van der Waals surface area contributed by atoms with Crippen LogP contribution in [0.2, 0.25) is 0 Å². The van der Waals surface area contributed by atoms with Gasteiger partial charge < -0.3 is 5.32 Å². The maximum absolute atomic E-state index is 4.02. The van der Waals surface area contributed by atoms with Gasteiger partial charge in [-0.15, -0.1) is 0 Å². The number of fused-ring (bicyclic) bond motifs is 1. The van der Waals surface area contributed by atoms with Gasteiger partial charge >= 0.3 is 0 Å². The Hall–Kier alpha value is -1.31. The maximum Gasteiger partial charge on any atom is 0.0446 e. The van der Waals surface area contributed by atoms with Crippen LogP contribution in [-0.2, 0) is 6.42 Å². The van der Waals surface area contributed by atoms with Crippen molar-refractivity contribution in [3.05, 3.63) is 36.3 Å². The van der Waals surface area contributed by atoms with E-state index >= 15 is 0 Å². The van der Waals surface area contributed by atoms with Crippen molar-refractivity contribution in [3.63, 3.8) is 0 Å². The Kier molecular flexibility index (Phi) is 1.17. The number of pyridine rings is 1. The summed E-state index contributed by atoms with van der Waals surface area (Å²) in [6.07, 6.45) is 8.74. The summed E-state index contributed by atoms with van der Waals surface area (Å²) in [4.78, 5) is 4.02. The van der Waals surface area contributed by atoms with E-state index in [0.29, 0.717) is 0 Å². The molecule has 2 heterocycles. The third-order valence-corrected chi connectivity index (χ3v) is 1.60. The van der Waals surface area contributed by atoms with Crippen LogP contribution in [0.25, 0.3) is 0 Å². The van der Waals surface area contributed by atoms with Crippen molar-refractivity contribution in [1.82, 2.24) is 4.98 Å². The summed E-state index contributed by atoms with van der Waals surface area (Å²) in [5.74, 6) is 0. The van der Waals surface area contributed by atoms with Gasteiger partial charge in [0.15, 0.2) is 0 Å². The van der Waals surface area contributed by atoms with Crippen LogP contribution in [0.1, 0.15) is 5.56 Å². The van der Waals surface area contributed by atoms with Crippen molar-refractivity contribution in [3.8, 4) is 0 Å². The van der Waals surface area contributed by atoms with Crippen molar-refractivity contribution < 1.29 is 0 Å². The van der Waals surface area contributed by atoms with Crippen LogP contribution < -0.4 is 5.32 Å². The molecule has 1 N–H and O–H groups in total. The van der Waals surface area contributed by atoms with Crippen LogP contribution in [0, 0.1) is 0 Å². The lowest BCUT2D eigenvalue weighted by Crippen LogP contribution is -1.99. The first kappa shape index (κ1) is 5.47. The highest BCUT2D eigenvalue weighted by Gasteiger charge is 2.00. The molecule has 2 heteroatoms. The van der Waals surface area contributed by atoms with Crippen LogP contribution in [-0.4, -0.2) is 4.98 Å². The minimum Gasteiger partial charge on any atom is -0.362 e. The first-order valence-corrected chi connectivity index (χ1v) is 3.31. The number of rotatable bonds is 0. The Morgan fingerprint density at radius 2 is 2.50 bits per heavy atom. The van der Waals surface area contributed by atoms with E-state index < -0.39 is 0 Å². The average molecular weight is 132 g/mol. The number of nitrogens with one attached hydrogen (secondary N) is 1. The van der Waals surface area contributed by atoms with Crippen LogP contribution in [0.5, 0.6) is 0 Å². The molecule has 1 aromatic heterocycles. The van der Waals surface area contributed by atoms with E-state index in [1.54, 1.807) is 6.20 Å². The maximum atomic E-state index is 4.02. The molecular formula is C8H8N2. The number of nitrogens with zero attached hydrogens (tertiary/aromatic N) is 1. The summed E-state index contributed by atoms with van der Waals surface area (Å²) in [6, 6.07) is 1.98. The topological polar surface area (TPSA) is 24.9 Å². The molecule has 0 fully saturated rings. The van der Waals surface area contributed by atoms with Gasteiger partial charge in [-0.1, -0.05) is 6.08 Å². The molecule has 1 aromatic rings. The zero-order chi connectivity index (χ0) is 6.81. The normalized spacial score (nSPS) is 14.0. The minimum atomic E-state index is 0.996. The summed E-state index contributed by atoms with van der Waals surface area (Å²) in [5, 5.41) is 3.14. The molecule has 0 amide bonds. The fourth-order valence-electron chi connectivity index (χ4n) is 1.07. The van der Waals surface area contributed by atoms with Crippen molar-refractivity contribution in [2.45, 2.75) is 6.42 Å². The SMILES string of the molecule is C1=CNc2ccncc2C1. The molecule has 0 saturated heterocycles. The largest absolute Gasteiger partial charge is 0.362 e. The van der Waals surface area contributed by atoms with Gasteiger partial charge in [0, 0.05) is 18.1 Å². The summed E-state index contributed by atoms with van der Waals surface area (Å²) in [7, 11) is 0. The molecule has 0 atom stereocenters. The third-order valence-electron chi connectivity index (χ3n) is 1.60. The van der Waals surface area contributed by atoms with E-state index in [2.05, 4.69) is 16.4 Å². The van der Waals surface area contributed by atoms with Gasteiger partial charge in [-0.25, -0.2) is 0 Å². The second kappa shape index (κ2) is 2.14. The van der Waals surface area contributed by atoms with Crippen molar-refractivity contribution >= 4 is 5.69 Å². The van der Waals surface area contributed by atoms with E-state index in [-0.39, 0.29) is 0 Å². The zero-order valence-corrected chi connectivity index (χ0v) is 5.54. The fraction of sp³-hybridized carbons (Fsp3) is 0.125. The van der Waals surface area contributed by atoms with Gasteiger partial charge in [-0.05, 0) is 24.3 Å². The molecule has 0 radical (unpaired) electrons. The van der Waals surface area contributed by atoms with E-state index in [1.807, 2.05) is 18.5 Å². The predicted molar refractivity (Wildman–Crippen MR) is 40.7 cm³/mol. The second-order valence-corrected chi connectivity index (χ2v) is 2.28. The quantitative estimate of drug-likeness (QED) is 0.579. The number of hydrogen-bond acceptors (Lipinski definition) is 2. The van der Waals surface area contributed by atoms with Crippen LogP contribution >= 0.6 is 0 Å². The minimum absolute atomic E-state index is 0.996. The number of hydrogen-bond donors (Lipinski definition) is 1. The molecular weight excluding hydrogens is 124 g/mol. The van der Waals surface area contributed by atoms with Crippen molar-refractivity contribution in [2.24, 2.45) is 0 Å². The average Bonchev–Trinajstić information content (AvgIpc) is 2.05. The van der Waals surface area contributed by atoms with E-state index in [1.165, 1.54) is 11.3 Å². The lowest BCUT2D eigenvalue weighted by molar-refractivity contribution is 1.16. The summed E-state index contributed by atoms with van der Waals surface area (Å²) < 4.78 is 0. The molecule has 1 aliphatic rings. The third kappa shape index (κ3) is 0.778. The highest BCUT2D eigenvalue weighted by atomic mass is 14.9. The lowest BCUT2D eigenvalue weighted by atomic mass is 10.1. The first-order chi connectivity index (χ1) is 4.97. The number of anilines is 1. The van der Waals surface area contributed by atoms with Crippen molar-refractivity contribution in [1.29, 1.82) is 0 Å². The Labute approximate surface area is 59.6 Å². The Morgan fingerprint density at radius 3 is 3.40 bits per heavy atom. The van der Waals surface area contributed by atoms with Crippen molar-refractivity contribution in [2.75, 3.05) is 5.32 Å². The molecule has 0 spiro atoms. The van der Waals surface area contributed by atoms with Gasteiger partial charge in [0.1, 0.15) is 0 Å². The second-order valence-electron chi connectivity index (χ2n) is 2.28. The van der Waals surface area contributed by atoms with Gasteiger partial charge in [0.25, 0.3) is 0 Å². The highest BCUT2D eigenvalue weighted by Crippen LogP contribution is 2.17. The highest BCUT2D eigenvalue weighted by molar-refractivity contribution is 5.54. The smallest absolute Gasteiger partial charge is 0.0446 e. The molecule has 50 valence electrons. The lowest BCUT2D eigenvalue weighted by Gasteiger charge is -2.10. The van der Waals surface area contributed by atoms with Crippen LogP contribution in [0.15, 0.2) is 30.7 Å². The molecule has 2 rings (SSSR count). The molecule has 0 aliphatic carbocycles. The van der Waals surface area contributed by atoms with E-state index in [9.17, 15) is 0 Å². The zero-order valence-electron chi connectivity index (χ0n) is 5.54. The number of aromatic nitrogens is 1. The molecule has 0 bridgehead atoms. The van der Waals surface area contributed by atoms with Gasteiger partial charge in [0.2, 0.25) is 0 Å². The summed E-state index contributed by atoms with van der Waals surface area (Å²) in [6.45, 7) is 0. The van der Waals surface area contributed by atoms with Gasteiger partial charge in [0.05, 0.1) is 0 Å². The molecule has 2 nitrogen and oxygen atoms in total. The molecule has 1 aliphatic heterocycles.